The molecule has 30 heavy (non-hydrogen) atoms. The van der Waals surface area contributed by atoms with Crippen molar-refractivity contribution in [2.24, 2.45) is 0 Å². The summed E-state index contributed by atoms with van der Waals surface area (Å²) in [5.74, 6) is 0.176. The van der Waals surface area contributed by atoms with Crippen LogP contribution in [0, 0.1) is 0 Å². The third-order valence-electron chi connectivity index (χ3n) is 6.40. The first-order valence-corrected chi connectivity index (χ1v) is 11.8. The summed E-state index contributed by atoms with van der Waals surface area (Å²) < 4.78 is 0. The van der Waals surface area contributed by atoms with Crippen molar-refractivity contribution in [2.45, 2.75) is 37.8 Å². The summed E-state index contributed by atoms with van der Waals surface area (Å²) in [6, 6.07) is 10.1. The van der Waals surface area contributed by atoms with Gasteiger partial charge in [-0.25, -0.2) is 4.98 Å². The highest BCUT2D eigenvalue weighted by molar-refractivity contribution is 7.09. The lowest BCUT2D eigenvalue weighted by atomic mass is 9.88. The second-order valence-electron chi connectivity index (χ2n) is 8.60. The number of hydrogen-bond acceptors (Lipinski definition) is 6. The van der Waals surface area contributed by atoms with Gasteiger partial charge in [0.25, 0.3) is 0 Å². The Morgan fingerprint density at radius 1 is 1.10 bits per heavy atom. The number of nitrogens with zero attached hydrogens (tertiary/aromatic N) is 4. The van der Waals surface area contributed by atoms with Gasteiger partial charge in [-0.05, 0) is 31.9 Å². The number of carbonyl (C=O) groups is 1. The number of benzene rings is 1. The fraction of sp³-hybridized carbons (Fsp3) is 0.565. The minimum absolute atomic E-state index is 0.176. The number of carbonyl (C=O) groups excluding carboxylic acids is 1. The smallest absolute Gasteiger partial charge is 0.222 e. The van der Waals surface area contributed by atoms with Crippen LogP contribution in [-0.2, 0) is 23.4 Å². The van der Waals surface area contributed by atoms with Crippen molar-refractivity contribution in [2.75, 3.05) is 46.3 Å². The maximum Gasteiger partial charge on any atom is 0.222 e. The monoisotopic (exact) mass is 428 g/mol. The number of hydrogen-bond donors (Lipinski definition) is 1. The van der Waals surface area contributed by atoms with Crippen LogP contribution in [-0.4, -0.2) is 77.0 Å². The number of thiazole rings is 1. The molecular formula is C23H32N4O2S. The number of piperidine rings is 1. The van der Waals surface area contributed by atoms with E-state index in [0.29, 0.717) is 32.4 Å². The fourth-order valence-corrected chi connectivity index (χ4v) is 5.16. The molecule has 2 fully saturated rings. The number of piperazine rings is 1. The lowest BCUT2D eigenvalue weighted by Crippen LogP contribution is -2.45. The third kappa shape index (κ3) is 5.27. The van der Waals surface area contributed by atoms with E-state index in [1.54, 1.807) is 11.3 Å². The first-order valence-electron chi connectivity index (χ1n) is 10.9. The SMILES string of the molecule is CN1CCN(Cc2nc(C3(O)CCN(C(=O)CCc4ccccc4)CC3)cs2)CC1. The second kappa shape index (κ2) is 9.56. The van der Waals surface area contributed by atoms with Crippen molar-refractivity contribution in [1.82, 2.24) is 19.7 Å². The van der Waals surface area contributed by atoms with Crippen molar-refractivity contribution in [3.63, 3.8) is 0 Å². The molecule has 0 bridgehead atoms. The maximum atomic E-state index is 12.6. The zero-order chi connectivity index (χ0) is 21.0. The van der Waals surface area contributed by atoms with Gasteiger partial charge in [-0.3, -0.25) is 9.69 Å². The molecule has 2 aromatic rings. The molecule has 0 radical (unpaired) electrons. The topological polar surface area (TPSA) is 59.9 Å². The van der Waals surface area contributed by atoms with E-state index in [9.17, 15) is 9.90 Å². The second-order valence-corrected chi connectivity index (χ2v) is 9.55. The molecule has 2 aliphatic heterocycles. The molecule has 3 heterocycles. The van der Waals surface area contributed by atoms with Crippen LogP contribution in [0.15, 0.2) is 35.7 Å². The molecular weight excluding hydrogens is 396 g/mol. The number of amides is 1. The van der Waals surface area contributed by atoms with Gasteiger partial charge in [0.2, 0.25) is 5.91 Å². The lowest BCUT2D eigenvalue weighted by Gasteiger charge is -2.37. The minimum Gasteiger partial charge on any atom is -0.383 e. The largest absolute Gasteiger partial charge is 0.383 e. The van der Waals surface area contributed by atoms with Crippen molar-refractivity contribution >= 4 is 17.2 Å². The molecule has 1 aromatic carbocycles. The summed E-state index contributed by atoms with van der Waals surface area (Å²) in [7, 11) is 2.16. The van der Waals surface area contributed by atoms with Gasteiger partial charge >= 0.3 is 0 Å². The minimum atomic E-state index is -0.910. The summed E-state index contributed by atoms with van der Waals surface area (Å²) in [5.41, 5.74) is 1.07. The van der Waals surface area contributed by atoms with E-state index in [4.69, 9.17) is 4.98 Å². The molecule has 2 saturated heterocycles. The molecule has 1 aromatic heterocycles. The average Bonchev–Trinajstić information content (AvgIpc) is 3.24. The van der Waals surface area contributed by atoms with Gasteiger partial charge in [0.05, 0.1) is 12.2 Å². The van der Waals surface area contributed by atoms with Crippen molar-refractivity contribution in [1.29, 1.82) is 0 Å². The third-order valence-corrected chi connectivity index (χ3v) is 7.23. The Balaban J connectivity index is 1.27. The highest BCUT2D eigenvalue weighted by atomic mass is 32.1. The Hall–Kier alpha value is -1.80. The summed E-state index contributed by atoms with van der Waals surface area (Å²) in [6.45, 7) is 6.36. The molecule has 0 unspecified atom stereocenters. The molecule has 1 N–H and O–H groups in total. The van der Waals surface area contributed by atoms with E-state index < -0.39 is 5.60 Å². The Morgan fingerprint density at radius 3 is 2.50 bits per heavy atom. The summed E-state index contributed by atoms with van der Waals surface area (Å²) in [4.78, 5) is 24.0. The number of likely N-dealkylation sites (N-methyl/N-ethyl adjacent to an activating group) is 1. The first kappa shape index (κ1) is 21.4. The van der Waals surface area contributed by atoms with Gasteiger partial charge in [-0.15, -0.1) is 11.3 Å². The normalized spacial score (nSPS) is 20.4. The maximum absolute atomic E-state index is 12.6. The molecule has 2 aliphatic rings. The van der Waals surface area contributed by atoms with Crippen LogP contribution in [0.4, 0.5) is 0 Å². The van der Waals surface area contributed by atoms with E-state index in [1.807, 2.05) is 28.5 Å². The molecule has 0 saturated carbocycles. The van der Waals surface area contributed by atoms with Gasteiger partial charge in [0, 0.05) is 51.1 Å². The quantitative estimate of drug-likeness (QED) is 0.765. The van der Waals surface area contributed by atoms with E-state index in [2.05, 4.69) is 29.0 Å². The molecule has 0 atom stereocenters. The van der Waals surface area contributed by atoms with Crippen LogP contribution >= 0.6 is 11.3 Å². The predicted octanol–water partition coefficient (Wildman–Crippen LogP) is 2.33. The van der Waals surface area contributed by atoms with Gasteiger partial charge < -0.3 is 14.9 Å². The number of aliphatic hydroxyl groups is 1. The average molecular weight is 429 g/mol. The van der Waals surface area contributed by atoms with Crippen molar-refractivity contribution in [3.8, 4) is 0 Å². The van der Waals surface area contributed by atoms with Crippen LogP contribution in [0.3, 0.4) is 0 Å². The number of aryl methyl sites for hydroxylation is 1. The Morgan fingerprint density at radius 2 is 1.80 bits per heavy atom. The number of likely N-dealkylation sites (tertiary alicyclic amines) is 1. The number of rotatable bonds is 6. The molecule has 4 rings (SSSR count). The van der Waals surface area contributed by atoms with Gasteiger partial charge in [-0.2, -0.15) is 0 Å². The van der Waals surface area contributed by atoms with Crippen LogP contribution in [0.2, 0.25) is 0 Å². The van der Waals surface area contributed by atoms with E-state index in [-0.39, 0.29) is 5.91 Å². The Kier molecular flexibility index (Phi) is 6.83. The van der Waals surface area contributed by atoms with Crippen LogP contribution in [0.5, 0.6) is 0 Å². The molecule has 162 valence electrons. The van der Waals surface area contributed by atoms with E-state index >= 15 is 0 Å². The molecule has 0 spiro atoms. The Bertz CT molecular complexity index is 825. The van der Waals surface area contributed by atoms with E-state index in [1.165, 1.54) is 5.56 Å². The predicted molar refractivity (Wildman–Crippen MR) is 119 cm³/mol. The first-order chi connectivity index (χ1) is 14.5. The number of aromatic nitrogens is 1. The van der Waals surface area contributed by atoms with Gasteiger partial charge in [0.15, 0.2) is 0 Å². The van der Waals surface area contributed by atoms with Crippen molar-refractivity contribution in [3.05, 3.63) is 52.0 Å². The molecule has 0 aliphatic carbocycles. The summed E-state index contributed by atoms with van der Waals surface area (Å²) in [5, 5.41) is 14.3. The summed E-state index contributed by atoms with van der Waals surface area (Å²) >= 11 is 1.64. The fourth-order valence-electron chi connectivity index (χ4n) is 4.23. The van der Waals surface area contributed by atoms with Crippen molar-refractivity contribution < 1.29 is 9.90 Å². The van der Waals surface area contributed by atoms with E-state index in [0.717, 1.165) is 49.8 Å². The highest BCUT2D eigenvalue weighted by Gasteiger charge is 2.37. The van der Waals surface area contributed by atoms with Crippen LogP contribution < -0.4 is 0 Å². The van der Waals surface area contributed by atoms with Crippen LogP contribution in [0.1, 0.15) is 35.5 Å². The molecule has 7 heteroatoms. The zero-order valence-electron chi connectivity index (χ0n) is 17.8. The molecule has 6 nitrogen and oxygen atoms in total. The standard InChI is InChI=1S/C23H32N4O2S/c1-25-13-15-26(16-14-25)17-21-24-20(18-30-21)23(29)9-11-27(12-10-23)22(28)8-7-19-5-3-2-4-6-19/h2-6,18,29H,7-17H2,1H3. The highest BCUT2D eigenvalue weighted by Crippen LogP contribution is 2.34. The van der Waals surface area contributed by atoms with Crippen LogP contribution in [0.25, 0.3) is 0 Å². The van der Waals surface area contributed by atoms with Gasteiger partial charge in [-0.1, -0.05) is 30.3 Å². The molecule has 1 amide bonds. The lowest BCUT2D eigenvalue weighted by molar-refractivity contribution is -0.135. The Labute approximate surface area is 183 Å². The zero-order valence-corrected chi connectivity index (χ0v) is 18.6. The van der Waals surface area contributed by atoms with Gasteiger partial charge in [0.1, 0.15) is 10.6 Å². The summed E-state index contributed by atoms with van der Waals surface area (Å²) in [6.07, 6.45) is 2.40.